The van der Waals surface area contributed by atoms with E-state index in [-0.39, 0.29) is 12.3 Å². The zero-order chi connectivity index (χ0) is 19.4. The van der Waals surface area contributed by atoms with Crippen molar-refractivity contribution in [2.45, 2.75) is 27.2 Å². The monoisotopic (exact) mass is 373 g/mol. The number of carboxylic acid groups (broad SMARTS) is 1. The molecular weight excluding hydrogens is 346 g/mol. The first-order chi connectivity index (χ1) is 11.8. The van der Waals surface area contributed by atoms with Crippen molar-refractivity contribution in [2.75, 3.05) is 39.0 Å². The molecule has 0 heterocycles. The molecule has 1 aromatic rings. The van der Waals surface area contributed by atoms with Gasteiger partial charge in [0.1, 0.15) is 5.75 Å². The van der Waals surface area contributed by atoms with Crippen LogP contribution >= 0.6 is 11.6 Å². The number of halogens is 1. The van der Waals surface area contributed by atoms with Crippen LogP contribution in [0.4, 0.5) is 5.69 Å². The summed E-state index contributed by atoms with van der Waals surface area (Å²) in [5.41, 5.74) is 6.48. The molecule has 1 rings (SSSR count). The highest BCUT2D eigenvalue weighted by atomic mass is 35.5. The molecule has 0 radical (unpaired) electrons. The summed E-state index contributed by atoms with van der Waals surface area (Å²) in [7, 11) is 1.50. The van der Waals surface area contributed by atoms with Crippen LogP contribution in [0, 0.1) is 0 Å². The second-order valence-electron chi connectivity index (χ2n) is 5.10. The summed E-state index contributed by atoms with van der Waals surface area (Å²) in [6, 6.07) is 3.09. The molecule has 8 heteroatoms. The number of carbonyl (C=O) groups excluding carboxylic acids is 1. The molecule has 0 aliphatic carbocycles. The van der Waals surface area contributed by atoms with Gasteiger partial charge in [-0.2, -0.15) is 0 Å². The molecule has 0 spiro atoms. The third-order valence-corrected chi connectivity index (χ3v) is 3.80. The second-order valence-corrected chi connectivity index (χ2v) is 5.51. The summed E-state index contributed by atoms with van der Waals surface area (Å²) >= 11 is 5.95. The molecule has 0 fully saturated rings. The Morgan fingerprint density at radius 3 is 2.28 bits per heavy atom. The van der Waals surface area contributed by atoms with Gasteiger partial charge in [0.2, 0.25) is 0 Å². The van der Waals surface area contributed by atoms with Crippen molar-refractivity contribution < 1.29 is 19.4 Å². The molecule has 1 aromatic carbocycles. The molecule has 0 unspecified atom stereocenters. The zero-order valence-electron chi connectivity index (χ0n) is 15.3. The lowest BCUT2D eigenvalue weighted by atomic mass is 10.1. The van der Waals surface area contributed by atoms with Gasteiger partial charge in [-0.25, -0.2) is 0 Å². The van der Waals surface area contributed by atoms with Gasteiger partial charge in [0.25, 0.3) is 5.91 Å². The van der Waals surface area contributed by atoms with Crippen LogP contribution in [-0.2, 0) is 4.79 Å². The predicted molar refractivity (Wildman–Crippen MR) is 100 cm³/mol. The van der Waals surface area contributed by atoms with Crippen LogP contribution in [0.5, 0.6) is 5.75 Å². The lowest BCUT2D eigenvalue weighted by Crippen LogP contribution is -2.34. The van der Waals surface area contributed by atoms with Crippen LogP contribution in [0.2, 0.25) is 5.02 Å². The summed E-state index contributed by atoms with van der Waals surface area (Å²) in [6.07, 6.45) is 0.222. The number of hydrogen-bond donors (Lipinski definition) is 3. The largest absolute Gasteiger partial charge is 0.496 e. The van der Waals surface area contributed by atoms with E-state index in [0.717, 1.165) is 19.6 Å². The number of likely N-dealkylation sites (N-methyl/N-ethyl adjacent to an activating group) is 1. The predicted octanol–water partition coefficient (Wildman–Crippen LogP) is 2.48. The maximum absolute atomic E-state index is 12.1. The highest BCUT2D eigenvalue weighted by Crippen LogP contribution is 2.28. The van der Waals surface area contributed by atoms with Crippen molar-refractivity contribution in [3.8, 4) is 5.75 Å². The zero-order valence-corrected chi connectivity index (χ0v) is 16.0. The molecule has 25 heavy (non-hydrogen) atoms. The van der Waals surface area contributed by atoms with Gasteiger partial charge >= 0.3 is 5.97 Å². The van der Waals surface area contributed by atoms with E-state index in [2.05, 4.69) is 24.1 Å². The first-order valence-corrected chi connectivity index (χ1v) is 8.53. The Hall–Kier alpha value is -1.99. The maximum atomic E-state index is 12.1. The number of nitrogens with zero attached hydrogens (tertiary/aromatic N) is 1. The standard InChI is InChI=1S/C14H22ClN3O2.C3H6O2/c1-4-18(5-2)7-6-17-14(19)10-8-11(15)12(16)9-13(10)20-3;1-2-3(4)5/h8-9H,4-7,16H2,1-3H3,(H,17,19);2H2,1H3,(H,4,5). The first kappa shape index (κ1) is 23.0. The smallest absolute Gasteiger partial charge is 0.303 e. The Balaban J connectivity index is 0.00000101. The van der Waals surface area contributed by atoms with E-state index < -0.39 is 5.97 Å². The molecule has 0 saturated carbocycles. The Kier molecular flexibility index (Phi) is 11.4. The van der Waals surface area contributed by atoms with Crippen molar-refractivity contribution in [3.63, 3.8) is 0 Å². The lowest BCUT2D eigenvalue weighted by molar-refractivity contribution is -0.136. The van der Waals surface area contributed by atoms with Crippen LogP contribution in [0.3, 0.4) is 0 Å². The highest BCUT2D eigenvalue weighted by molar-refractivity contribution is 6.33. The van der Waals surface area contributed by atoms with Crippen molar-refractivity contribution in [3.05, 3.63) is 22.7 Å². The first-order valence-electron chi connectivity index (χ1n) is 8.15. The summed E-state index contributed by atoms with van der Waals surface area (Å²) < 4.78 is 5.16. The van der Waals surface area contributed by atoms with E-state index in [9.17, 15) is 9.59 Å². The minimum atomic E-state index is -0.745. The average molecular weight is 374 g/mol. The van der Waals surface area contributed by atoms with E-state index in [1.165, 1.54) is 13.2 Å². The van der Waals surface area contributed by atoms with Gasteiger partial charge in [-0.05, 0) is 19.2 Å². The number of ether oxygens (including phenoxy) is 1. The molecule has 142 valence electrons. The number of hydrogen-bond acceptors (Lipinski definition) is 5. The molecule has 0 atom stereocenters. The average Bonchev–Trinajstić information content (AvgIpc) is 2.60. The Labute approximate surface area is 154 Å². The third-order valence-electron chi connectivity index (χ3n) is 3.47. The number of carboxylic acids is 1. The van der Waals surface area contributed by atoms with Gasteiger partial charge in [-0.1, -0.05) is 32.4 Å². The topological polar surface area (TPSA) is 105 Å². The third kappa shape index (κ3) is 8.60. The van der Waals surface area contributed by atoms with Crippen molar-refractivity contribution in [1.82, 2.24) is 10.2 Å². The second kappa shape index (κ2) is 12.4. The fraction of sp³-hybridized carbons (Fsp3) is 0.529. The van der Waals surface area contributed by atoms with Crippen molar-refractivity contribution in [2.24, 2.45) is 0 Å². The molecule has 4 N–H and O–H groups in total. The highest BCUT2D eigenvalue weighted by Gasteiger charge is 2.14. The Morgan fingerprint density at radius 2 is 1.84 bits per heavy atom. The van der Waals surface area contributed by atoms with Crippen molar-refractivity contribution >= 4 is 29.2 Å². The van der Waals surface area contributed by atoms with Gasteiger partial charge in [0.05, 0.1) is 23.4 Å². The van der Waals surface area contributed by atoms with Crippen LogP contribution in [0.15, 0.2) is 12.1 Å². The van der Waals surface area contributed by atoms with Gasteiger partial charge in [-0.15, -0.1) is 0 Å². The van der Waals surface area contributed by atoms with E-state index in [1.807, 2.05) is 0 Å². The van der Waals surface area contributed by atoms with Crippen LogP contribution in [-0.4, -0.2) is 55.2 Å². The van der Waals surface area contributed by atoms with E-state index in [1.54, 1.807) is 13.0 Å². The number of nitrogens with two attached hydrogens (primary N) is 1. The molecule has 0 saturated heterocycles. The SMILES string of the molecule is CCC(=O)O.CCN(CC)CCNC(=O)c1cc(Cl)c(N)cc1OC. The Bertz CT molecular complexity index is 563. The Morgan fingerprint density at radius 1 is 1.28 bits per heavy atom. The molecule has 1 amide bonds. The molecular formula is C17H28ClN3O4. The van der Waals surface area contributed by atoms with Gasteiger partial charge in [0.15, 0.2) is 0 Å². The molecule has 0 bridgehead atoms. The number of aliphatic carboxylic acids is 1. The number of rotatable bonds is 8. The van der Waals surface area contributed by atoms with Gasteiger partial charge in [0, 0.05) is 25.6 Å². The summed E-state index contributed by atoms with van der Waals surface area (Å²) in [4.78, 5) is 23.7. The molecule has 7 nitrogen and oxygen atoms in total. The summed E-state index contributed by atoms with van der Waals surface area (Å²) in [5.74, 6) is -0.534. The van der Waals surface area contributed by atoms with Crippen LogP contribution in [0.1, 0.15) is 37.6 Å². The molecule has 0 aromatic heterocycles. The minimum absolute atomic E-state index is 0.212. The van der Waals surface area contributed by atoms with E-state index in [0.29, 0.717) is 28.6 Å². The lowest BCUT2D eigenvalue weighted by Gasteiger charge is -2.18. The summed E-state index contributed by atoms with van der Waals surface area (Å²) in [5, 5.41) is 10.9. The normalized spacial score (nSPS) is 10.0. The fourth-order valence-electron chi connectivity index (χ4n) is 1.88. The number of methoxy groups -OCH3 is 1. The number of nitrogen functional groups attached to an aromatic ring is 1. The molecule has 0 aliphatic rings. The molecule has 0 aliphatic heterocycles. The minimum Gasteiger partial charge on any atom is -0.496 e. The van der Waals surface area contributed by atoms with Gasteiger partial charge in [-0.3, -0.25) is 9.59 Å². The summed E-state index contributed by atoms with van der Waals surface area (Å²) in [6.45, 7) is 9.09. The van der Waals surface area contributed by atoms with Crippen molar-refractivity contribution in [1.29, 1.82) is 0 Å². The maximum Gasteiger partial charge on any atom is 0.303 e. The van der Waals surface area contributed by atoms with Crippen LogP contribution < -0.4 is 15.8 Å². The number of amides is 1. The number of anilines is 1. The quantitative estimate of drug-likeness (QED) is 0.604. The number of benzene rings is 1. The van der Waals surface area contributed by atoms with E-state index in [4.69, 9.17) is 27.2 Å². The number of carbonyl (C=O) groups is 2. The van der Waals surface area contributed by atoms with E-state index >= 15 is 0 Å². The van der Waals surface area contributed by atoms with Gasteiger partial charge < -0.3 is 25.8 Å². The fourth-order valence-corrected chi connectivity index (χ4v) is 2.04. The van der Waals surface area contributed by atoms with Crippen LogP contribution in [0.25, 0.3) is 0 Å². The number of nitrogens with one attached hydrogen (secondary N) is 1.